The largest absolute Gasteiger partial charge is 0.378 e. The van der Waals surface area contributed by atoms with E-state index in [1.807, 2.05) is 6.92 Å². The smallest absolute Gasteiger partial charge is 0.273 e. The lowest BCUT2D eigenvalue weighted by Crippen LogP contribution is -2.36. The van der Waals surface area contributed by atoms with E-state index in [1.165, 1.54) is 6.20 Å². The number of aromatic nitrogens is 5. The second-order valence-electron chi connectivity index (χ2n) is 9.01. The third-order valence-electron chi connectivity index (χ3n) is 6.41. The molecule has 184 valence electrons. The average Bonchev–Trinajstić information content (AvgIpc) is 3.36. The maximum absolute atomic E-state index is 14.6. The van der Waals surface area contributed by atoms with Crippen molar-refractivity contribution in [1.82, 2.24) is 29.8 Å². The zero-order valence-corrected chi connectivity index (χ0v) is 20.2. The van der Waals surface area contributed by atoms with Crippen molar-refractivity contribution < 1.29 is 13.9 Å². The van der Waals surface area contributed by atoms with E-state index in [0.29, 0.717) is 31.1 Å². The van der Waals surface area contributed by atoms with E-state index in [4.69, 9.17) is 16.3 Å². The Hall–Kier alpha value is -3.11. The number of rotatable bonds is 5. The van der Waals surface area contributed by atoms with Gasteiger partial charge in [-0.2, -0.15) is 0 Å². The van der Waals surface area contributed by atoms with Gasteiger partial charge in [0, 0.05) is 25.6 Å². The van der Waals surface area contributed by atoms with Crippen LogP contribution in [0, 0.1) is 5.82 Å². The van der Waals surface area contributed by atoms with Crippen molar-refractivity contribution in [3.05, 3.63) is 47.0 Å². The Bertz CT molecular complexity index is 1210. The number of anilines is 2. The molecular weight excluding hydrogens is 473 g/mol. The molecule has 5 heterocycles. The summed E-state index contributed by atoms with van der Waals surface area (Å²) in [6.07, 6.45) is 9.16. The van der Waals surface area contributed by atoms with Gasteiger partial charge < -0.3 is 19.9 Å². The first-order chi connectivity index (χ1) is 17.0. The van der Waals surface area contributed by atoms with E-state index in [9.17, 15) is 9.18 Å². The summed E-state index contributed by atoms with van der Waals surface area (Å²) in [5.74, 6) is 0.465. The number of halogens is 2. The molecule has 2 N–H and O–H groups in total. The first-order valence-electron chi connectivity index (χ1n) is 11.9. The molecule has 2 aliphatic rings. The summed E-state index contributed by atoms with van der Waals surface area (Å²) in [6.45, 7) is 4.14. The van der Waals surface area contributed by atoms with E-state index in [1.54, 1.807) is 17.2 Å². The fourth-order valence-corrected chi connectivity index (χ4v) is 4.81. The number of imidazole rings is 1. The van der Waals surface area contributed by atoms with Crippen LogP contribution in [0.3, 0.4) is 0 Å². The highest BCUT2D eigenvalue weighted by Gasteiger charge is 2.25. The van der Waals surface area contributed by atoms with Gasteiger partial charge >= 0.3 is 0 Å². The Morgan fingerprint density at radius 3 is 2.80 bits per heavy atom. The lowest BCUT2D eigenvalue weighted by Gasteiger charge is -2.26. The SMILES string of the molecule is CC1CC(c2ncc(-c3nc(Nc4cnc(C(=O)N5CCCCC5)c(Cl)c4)ncc3F)[nH]2)CCO1. The number of piperidine rings is 1. The van der Waals surface area contributed by atoms with Gasteiger partial charge in [0.05, 0.1) is 41.1 Å². The molecule has 9 nitrogen and oxygen atoms in total. The number of hydrogen-bond donors (Lipinski definition) is 2. The summed E-state index contributed by atoms with van der Waals surface area (Å²) in [4.78, 5) is 34.8. The van der Waals surface area contributed by atoms with Gasteiger partial charge in [0.1, 0.15) is 17.2 Å². The van der Waals surface area contributed by atoms with Crippen LogP contribution >= 0.6 is 11.6 Å². The first kappa shape index (κ1) is 23.6. The molecule has 0 aromatic carbocycles. The third kappa shape index (κ3) is 5.28. The van der Waals surface area contributed by atoms with E-state index in [0.717, 1.165) is 44.1 Å². The van der Waals surface area contributed by atoms with Crippen molar-refractivity contribution in [1.29, 1.82) is 0 Å². The molecule has 2 unspecified atom stereocenters. The van der Waals surface area contributed by atoms with Gasteiger partial charge in [-0.15, -0.1) is 0 Å². The van der Waals surface area contributed by atoms with E-state index < -0.39 is 5.82 Å². The second-order valence-corrected chi connectivity index (χ2v) is 9.41. The van der Waals surface area contributed by atoms with Gasteiger partial charge in [-0.3, -0.25) is 4.79 Å². The van der Waals surface area contributed by atoms with Crippen molar-refractivity contribution in [3.8, 4) is 11.4 Å². The van der Waals surface area contributed by atoms with Crippen LogP contribution in [0.15, 0.2) is 24.7 Å². The van der Waals surface area contributed by atoms with Gasteiger partial charge in [0.25, 0.3) is 5.91 Å². The topological polar surface area (TPSA) is 109 Å². The zero-order valence-electron chi connectivity index (χ0n) is 19.4. The molecule has 0 radical (unpaired) electrons. The number of aromatic amines is 1. The van der Waals surface area contributed by atoms with Crippen molar-refractivity contribution >= 4 is 29.1 Å². The van der Waals surface area contributed by atoms with Gasteiger partial charge in [-0.1, -0.05) is 11.6 Å². The number of pyridine rings is 1. The molecule has 2 saturated heterocycles. The van der Waals surface area contributed by atoms with Gasteiger partial charge in [-0.05, 0) is 45.1 Å². The van der Waals surface area contributed by atoms with Crippen LogP contribution in [0.2, 0.25) is 5.02 Å². The average molecular weight is 500 g/mol. The zero-order chi connectivity index (χ0) is 24.4. The summed E-state index contributed by atoms with van der Waals surface area (Å²) < 4.78 is 20.2. The molecule has 0 bridgehead atoms. The number of nitrogens with zero attached hydrogens (tertiary/aromatic N) is 5. The molecule has 35 heavy (non-hydrogen) atoms. The van der Waals surface area contributed by atoms with Crippen LogP contribution in [0.25, 0.3) is 11.4 Å². The minimum Gasteiger partial charge on any atom is -0.378 e. The van der Waals surface area contributed by atoms with Gasteiger partial charge in [0.2, 0.25) is 5.95 Å². The van der Waals surface area contributed by atoms with E-state index >= 15 is 0 Å². The van der Waals surface area contributed by atoms with Crippen LogP contribution < -0.4 is 5.32 Å². The van der Waals surface area contributed by atoms with Crippen LogP contribution in [0.1, 0.15) is 61.3 Å². The van der Waals surface area contributed by atoms with Gasteiger partial charge in [-0.25, -0.2) is 24.3 Å². The number of carbonyl (C=O) groups excluding carboxylic acids is 1. The fraction of sp³-hybridized carbons (Fsp3) is 0.458. The van der Waals surface area contributed by atoms with Crippen molar-refractivity contribution in [2.75, 3.05) is 25.0 Å². The number of nitrogens with one attached hydrogen (secondary N) is 2. The molecule has 5 rings (SSSR count). The lowest BCUT2D eigenvalue weighted by atomic mass is 9.96. The molecule has 2 fully saturated rings. The molecular formula is C24H27ClFN7O2. The molecule has 3 aromatic heterocycles. The summed E-state index contributed by atoms with van der Waals surface area (Å²) >= 11 is 6.38. The quantitative estimate of drug-likeness (QED) is 0.523. The third-order valence-corrected chi connectivity index (χ3v) is 6.70. The minimum atomic E-state index is -0.565. The number of ether oxygens (including phenoxy) is 1. The Kier molecular flexibility index (Phi) is 6.92. The summed E-state index contributed by atoms with van der Waals surface area (Å²) in [6, 6.07) is 1.60. The van der Waals surface area contributed by atoms with E-state index in [-0.39, 0.29) is 40.3 Å². The number of H-pyrrole nitrogens is 1. The molecule has 2 aliphatic heterocycles. The molecule has 2 atom stereocenters. The Labute approximate surface area is 207 Å². The Balaban J connectivity index is 1.32. The van der Waals surface area contributed by atoms with Gasteiger partial charge in [0.15, 0.2) is 5.82 Å². The van der Waals surface area contributed by atoms with Crippen molar-refractivity contribution in [3.63, 3.8) is 0 Å². The van der Waals surface area contributed by atoms with Crippen molar-refractivity contribution in [2.24, 2.45) is 0 Å². The number of carbonyl (C=O) groups is 1. The normalized spacial score (nSPS) is 20.6. The number of hydrogen-bond acceptors (Lipinski definition) is 7. The standard InChI is InChI=1S/C24H27ClFN7O2/c1-14-9-15(5-8-35-14)22-28-13-19(31-22)21-18(26)12-29-24(32-21)30-16-10-17(25)20(27-11-16)23(34)33-6-3-2-4-7-33/h10-15H,2-9H2,1H3,(H,28,31)(H,29,30,32). The highest BCUT2D eigenvalue weighted by Crippen LogP contribution is 2.30. The maximum Gasteiger partial charge on any atom is 0.273 e. The fourth-order valence-electron chi connectivity index (χ4n) is 4.57. The van der Waals surface area contributed by atoms with Crippen LogP contribution in [-0.2, 0) is 4.74 Å². The molecule has 11 heteroatoms. The predicted molar refractivity (Wildman–Crippen MR) is 129 cm³/mol. The summed E-state index contributed by atoms with van der Waals surface area (Å²) in [7, 11) is 0. The summed E-state index contributed by atoms with van der Waals surface area (Å²) in [5.41, 5.74) is 1.29. The van der Waals surface area contributed by atoms with Crippen LogP contribution in [0.4, 0.5) is 16.0 Å². The molecule has 0 saturated carbocycles. The van der Waals surface area contributed by atoms with E-state index in [2.05, 4.69) is 30.2 Å². The molecule has 0 aliphatic carbocycles. The van der Waals surface area contributed by atoms with Crippen LogP contribution in [-0.4, -0.2) is 61.5 Å². The number of amides is 1. The minimum absolute atomic E-state index is 0.109. The highest BCUT2D eigenvalue weighted by atomic mass is 35.5. The molecule has 1 amide bonds. The first-order valence-corrected chi connectivity index (χ1v) is 12.3. The van der Waals surface area contributed by atoms with Crippen molar-refractivity contribution in [2.45, 2.75) is 51.0 Å². The highest BCUT2D eigenvalue weighted by molar-refractivity contribution is 6.33. The van der Waals surface area contributed by atoms with Crippen LogP contribution in [0.5, 0.6) is 0 Å². The second kappa shape index (κ2) is 10.2. The predicted octanol–water partition coefficient (Wildman–Crippen LogP) is 4.71. The Morgan fingerprint density at radius 1 is 1.20 bits per heavy atom. The lowest BCUT2D eigenvalue weighted by molar-refractivity contribution is 0.0174. The molecule has 0 spiro atoms. The monoisotopic (exact) mass is 499 g/mol. The maximum atomic E-state index is 14.6. The molecule has 3 aromatic rings. The summed E-state index contributed by atoms with van der Waals surface area (Å²) in [5, 5.41) is 3.23. The Morgan fingerprint density at radius 2 is 2.03 bits per heavy atom. The number of likely N-dealkylation sites (tertiary alicyclic amines) is 1.